The van der Waals surface area contributed by atoms with Crippen LogP contribution in [0.2, 0.25) is 0 Å². The topological polar surface area (TPSA) is 29.5 Å². The van der Waals surface area contributed by atoms with Crippen molar-refractivity contribution < 1.29 is 18.6 Å². The quantitative estimate of drug-likeness (QED) is 0.890. The van der Waals surface area contributed by atoms with Gasteiger partial charge in [0.1, 0.15) is 11.6 Å². The lowest BCUT2D eigenvalue weighted by atomic mass is 9.99. The van der Waals surface area contributed by atoms with Crippen molar-refractivity contribution in [1.29, 1.82) is 0 Å². The molecule has 0 aromatic heterocycles. The standard InChI is InChI=1S/C15H20F2O2/c16-14-5-3-6-15(17)13(14)10-11(18)7-8-12-4-1-2-9-19-12/h3,5-6,11-12,18H,1-2,4,7-10H2. The maximum Gasteiger partial charge on any atom is 0.129 e. The summed E-state index contributed by atoms with van der Waals surface area (Å²) in [7, 11) is 0. The van der Waals surface area contributed by atoms with Crippen LogP contribution in [0.4, 0.5) is 8.78 Å². The van der Waals surface area contributed by atoms with E-state index in [9.17, 15) is 13.9 Å². The highest BCUT2D eigenvalue weighted by Gasteiger charge is 2.18. The molecule has 0 bridgehead atoms. The van der Waals surface area contributed by atoms with E-state index in [4.69, 9.17) is 4.74 Å². The first-order valence-corrected chi connectivity index (χ1v) is 6.89. The van der Waals surface area contributed by atoms with Gasteiger partial charge in [-0.3, -0.25) is 0 Å². The first kappa shape index (κ1) is 14.4. The first-order valence-electron chi connectivity index (χ1n) is 6.89. The highest BCUT2D eigenvalue weighted by atomic mass is 19.1. The van der Waals surface area contributed by atoms with Crippen LogP contribution in [0.15, 0.2) is 18.2 Å². The monoisotopic (exact) mass is 270 g/mol. The van der Waals surface area contributed by atoms with Gasteiger partial charge >= 0.3 is 0 Å². The second kappa shape index (κ2) is 6.96. The fourth-order valence-electron chi connectivity index (χ4n) is 2.48. The molecule has 2 atom stereocenters. The van der Waals surface area contributed by atoms with E-state index in [0.717, 1.165) is 32.3 Å². The molecule has 2 nitrogen and oxygen atoms in total. The van der Waals surface area contributed by atoms with Crippen molar-refractivity contribution in [3.8, 4) is 0 Å². The van der Waals surface area contributed by atoms with Crippen molar-refractivity contribution in [1.82, 2.24) is 0 Å². The third kappa shape index (κ3) is 4.25. The number of aliphatic hydroxyl groups is 1. The average molecular weight is 270 g/mol. The Hall–Kier alpha value is -1.00. The van der Waals surface area contributed by atoms with Crippen LogP contribution in [-0.2, 0) is 11.2 Å². The lowest BCUT2D eigenvalue weighted by molar-refractivity contribution is 0.00225. The van der Waals surface area contributed by atoms with E-state index in [0.29, 0.717) is 6.42 Å². The van der Waals surface area contributed by atoms with E-state index >= 15 is 0 Å². The number of benzene rings is 1. The number of rotatable bonds is 5. The fourth-order valence-corrected chi connectivity index (χ4v) is 2.48. The zero-order valence-electron chi connectivity index (χ0n) is 10.9. The molecule has 1 aromatic rings. The van der Waals surface area contributed by atoms with Gasteiger partial charge in [0.05, 0.1) is 12.2 Å². The lowest BCUT2D eigenvalue weighted by Gasteiger charge is -2.23. The molecule has 106 valence electrons. The molecule has 1 aliphatic heterocycles. The molecule has 1 aromatic carbocycles. The molecule has 1 N–H and O–H groups in total. The molecule has 0 amide bonds. The van der Waals surface area contributed by atoms with Crippen LogP contribution < -0.4 is 0 Å². The van der Waals surface area contributed by atoms with Crippen LogP contribution in [0.5, 0.6) is 0 Å². The Morgan fingerprint density at radius 3 is 2.63 bits per heavy atom. The molecule has 1 saturated heterocycles. The normalized spacial score (nSPS) is 21.3. The third-order valence-corrected chi connectivity index (χ3v) is 3.60. The summed E-state index contributed by atoms with van der Waals surface area (Å²) < 4.78 is 32.4. The van der Waals surface area contributed by atoms with Gasteiger partial charge in [-0.1, -0.05) is 6.07 Å². The highest BCUT2D eigenvalue weighted by Crippen LogP contribution is 2.20. The minimum Gasteiger partial charge on any atom is -0.393 e. The van der Waals surface area contributed by atoms with Crippen LogP contribution in [0.1, 0.15) is 37.7 Å². The number of hydrogen-bond acceptors (Lipinski definition) is 2. The number of hydrogen-bond donors (Lipinski definition) is 1. The Morgan fingerprint density at radius 1 is 1.26 bits per heavy atom. The molecule has 0 aliphatic carbocycles. The second-order valence-electron chi connectivity index (χ2n) is 5.12. The number of halogens is 2. The third-order valence-electron chi connectivity index (χ3n) is 3.60. The smallest absolute Gasteiger partial charge is 0.129 e. The number of aliphatic hydroxyl groups excluding tert-OH is 1. The SMILES string of the molecule is OC(CCC1CCCCO1)Cc1c(F)cccc1F. The van der Waals surface area contributed by atoms with Crippen molar-refractivity contribution in [2.75, 3.05) is 6.61 Å². The van der Waals surface area contributed by atoms with Gasteiger partial charge in [-0.15, -0.1) is 0 Å². The first-order chi connectivity index (χ1) is 9.16. The van der Waals surface area contributed by atoms with Gasteiger partial charge in [-0.25, -0.2) is 8.78 Å². The van der Waals surface area contributed by atoms with Crippen LogP contribution in [-0.4, -0.2) is 23.9 Å². The molecule has 1 heterocycles. The maximum absolute atomic E-state index is 13.4. The van der Waals surface area contributed by atoms with Crippen molar-refractivity contribution in [2.45, 2.75) is 50.7 Å². The maximum atomic E-state index is 13.4. The van der Waals surface area contributed by atoms with E-state index < -0.39 is 17.7 Å². The molecule has 0 spiro atoms. The zero-order chi connectivity index (χ0) is 13.7. The molecule has 1 fully saturated rings. The zero-order valence-corrected chi connectivity index (χ0v) is 10.9. The summed E-state index contributed by atoms with van der Waals surface area (Å²) in [6.07, 6.45) is 4.01. The fraction of sp³-hybridized carbons (Fsp3) is 0.600. The van der Waals surface area contributed by atoms with Gasteiger partial charge in [0, 0.05) is 18.6 Å². The molecular formula is C15H20F2O2. The van der Waals surface area contributed by atoms with E-state index in [-0.39, 0.29) is 18.1 Å². The number of ether oxygens (including phenoxy) is 1. The van der Waals surface area contributed by atoms with E-state index in [1.54, 1.807) is 0 Å². The Bertz CT molecular complexity index is 383. The summed E-state index contributed by atoms with van der Waals surface area (Å²) in [5, 5.41) is 9.89. The summed E-state index contributed by atoms with van der Waals surface area (Å²) in [6.45, 7) is 0.780. The predicted octanol–water partition coefficient (Wildman–Crippen LogP) is 3.22. The lowest BCUT2D eigenvalue weighted by Crippen LogP contribution is -2.22. The van der Waals surface area contributed by atoms with Crippen LogP contribution in [0.3, 0.4) is 0 Å². The highest BCUT2D eigenvalue weighted by molar-refractivity contribution is 5.20. The van der Waals surface area contributed by atoms with Gasteiger partial charge in [-0.05, 0) is 44.2 Å². The van der Waals surface area contributed by atoms with Gasteiger partial charge < -0.3 is 9.84 Å². The summed E-state index contributed by atoms with van der Waals surface area (Å²) >= 11 is 0. The van der Waals surface area contributed by atoms with Crippen LogP contribution >= 0.6 is 0 Å². The average Bonchev–Trinajstić information content (AvgIpc) is 2.42. The van der Waals surface area contributed by atoms with Gasteiger partial charge in [-0.2, -0.15) is 0 Å². The van der Waals surface area contributed by atoms with Crippen molar-refractivity contribution in [3.63, 3.8) is 0 Å². The largest absolute Gasteiger partial charge is 0.393 e. The Balaban J connectivity index is 1.82. The molecule has 1 aliphatic rings. The molecule has 4 heteroatoms. The van der Waals surface area contributed by atoms with Crippen molar-refractivity contribution in [2.24, 2.45) is 0 Å². The Labute approximate surface area is 112 Å². The molecule has 2 unspecified atom stereocenters. The van der Waals surface area contributed by atoms with E-state index in [1.165, 1.54) is 18.2 Å². The van der Waals surface area contributed by atoms with E-state index in [1.807, 2.05) is 0 Å². The van der Waals surface area contributed by atoms with E-state index in [2.05, 4.69) is 0 Å². The molecular weight excluding hydrogens is 250 g/mol. The molecule has 2 rings (SSSR count). The van der Waals surface area contributed by atoms with Crippen LogP contribution in [0, 0.1) is 11.6 Å². The van der Waals surface area contributed by atoms with Crippen molar-refractivity contribution >= 4 is 0 Å². The minimum absolute atomic E-state index is 0.0191. The molecule has 0 radical (unpaired) electrons. The van der Waals surface area contributed by atoms with Gasteiger partial charge in [0.25, 0.3) is 0 Å². The van der Waals surface area contributed by atoms with Gasteiger partial charge in [0.15, 0.2) is 0 Å². The second-order valence-corrected chi connectivity index (χ2v) is 5.12. The predicted molar refractivity (Wildman–Crippen MR) is 68.9 cm³/mol. The molecule has 19 heavy (non-hydrogen) atoms. The van der Waals surface area contributed by atoms with Crippen LogP contribution in [0.25, 0.3) is 0 Å². The van der Waals surface area contributed by atoms with Crippen molar-refractivity contribution in [3.05, 3.63) is 35.4 Å². The summed E-state index contributed by atoms with van der Waals surface area (Å²) in [5.74, 6) is -1.18. The Kier molecular flexibility index (Phi) is 5.28. The Morgan fingerprint density at radius 2 is 2.00 bits per heavy atom. The summed E-state index contributed by atoms with van der Waals surface area (Å²) in [5.41, 5.74) is -0.0282. The minimum atomic E-state index is -0.725. The molecule has 0 saturated carbocycles. The summed E-state index contributed by atoms with van der Waals surface area (Å²) in [4.78, 5) is 0. The van der Waals surface area contributed by atoms with Gasteiger partial charge in [0.2, 0.25) is 0 Å². The summed E-state index contributed by atoms with van der Waals surface area (Å²) in [6, 6.07) is 3.77.